The van der Waals surface area contributed by atoms with Crippen molar-refractivity contribution >= 4 is 88.6 Å². The molecule has 0 aliphatic carbocycles. The summed E-state index contributed by atoms with van der Waals surface area (Å²) in [5.74, 6) is -10.3. The van der Waals surface area contributed by atoms with Crippen LogP contribution in [0.15, 0.2) is 57.8 Å². The number of ketones is 1. The van der Waals surface area contributed by atoms with Crippen LogP contribution in [0.25, 0.3) is 0 Å². The molecule has 2 aromatic rings. The zero-order chi connectivity index (χ0) is 70.5. The van der Waals surface area contributed by atoms with Crippen LogP contribution in [0.5, 0.6) is 0 Å². The van der Waals surface area contributed by atoms with Crippen molar-refractivity contribution in [2.24, 2.45) is 66.3 Å². The number of unbranched alkanes of at least 4 members (excludes halogenated alkanes) is 1. The third kappa shape index (κ3) is 25.5. The number of aliphatic hydroxyl groups excluding tert-OH is 1. The van der Waals surface area contributed by atoms with Crippen LogP contribution >= 0.6 is 0 Å². The fraction of sp³-hybridized carbons (Fsp3) is 0.600. The molecule has 35 nitrogen and oxygen atoms in total. The van der Waals surface area contributed by atoms with Crippen molar-refractivity contribution in [2.75, 3.05) is 59.4 Å². The number of aliphatic imine (C=N–C) groups is 3. The Balaban J connectivity index is 1.67. The van der Waals surface area contributed by atoms with Gasteiger partial charge in [0.15, 0.2) is 23.7 Å². The Labute approximate surface area is 550 Å². The average molecular weight is 1330 g/mol. The van der Waals surface area contributed by atoms with Gasteiger partial charge < -0.3 is 102 Å². The monoisotopic (exact) mass is 1330 g/mol. The zero-order valence-electron chi connectivity index (χ0n) is 54.5. The van der Waals surface area contributed by atoms with Crippen molar-refractivity contribution in [3.63, 3.8) is 0 Å². The second-order valence-corrected chi connectivity index (χ2v) is 24.0. The molecule has 0 saturated carbocycles. The number of likely N-dealkylation sites (tertiary alicyclic amines) is 2. The molecule has 23 N–H and O–H groups in total. The van der Waals surface area contributed by atoms with E-state index in [2.05, 4.69) is 51.5 Å². The van der Waals surface area contributed by atoms with E-state index in [0.29, 0.717) is 12.8 Å². The number of hydrogen-bond donors (Lipinski definition) is 15. The summed E-state index contributed by atoms with van der Waals surface area (Å²) in [5, 5.41) is 23.9. The molecule has 2 fully saturated rings. The first-order valence-corrected chi connectivity index (χ1v) is 31.5. The number of carbonyl (C=O) groups is 12. The number of nitrogens with one attached hydrogen (secondary N) is 6. The molecule has 35 heteroatoms. The lowest BCUT2D eigenvalue weighted by molar-refractivity contribution is -0.150. The molecule has 0 unspecified atom stereocenters. The number of nitrogens with zero attached hydrogens (tertiary/aromatic N) is 8. The molecule has 1 aromatic heterocycles. The van der Waals surface area contributed by atoms with Gasteiger partial charge in [0.25, 0.3) is 0 Å². The summed E-state index contributed by atoms with van der Waals surface area (Å²) in [6.45, 7) is 3.05. The minimum absolute atomic E-state index is 0.000998. The van der Waals surface area contributed by atoms with E-state index >= 15 is 4.79 Å². The summed E-state index contributed by atoms with van der Waals surface area (Å²) in [4.78, 5) is 190. The van der Waals surface area contributed by atoms with Gasteiger partial charge in [-0.2, -0.15) is 0 Å². The predicted molar refractivity (Wildman–Crippen MR) is 348 cm³/mol. The number of rotatable bonds is 40. The molecule has 8 atom stereocenters. The van der Waals surface area contributed by atoms with Crippen molar-refractivity contribution in [3.05, 3.63) is 54.1 Å². The summed E-state index contributed by atoms with van der Waals surface area (Å²) >= 11 is 0. The summed E-state index contributed by atoms with van der Waals surface area (Å²) < 4.78 is 0. The van der Waals surface area contributed by atoms with Gasteiger partial charge in [0.2, 0.25) is 65.0 Å². The molecule has 11 amide bonds. The van der Waals surface area contributed by atoms with Crippen molar-refractivity contribution in [2.45, 2.75) is 165 Å². The topological polar surface area (TPSA) is 572 Å². The summed E-state index contributed by atoms with van der Waals surface area (Å²) in [6, 6.07) is -0.781. The van der Waals surface area contributed by atoms with Crippen molar-refractivity contribution in [1.82, 2.24) is 56.2 Å². The number of aromatic amines is 1. The van der Waals surface area contributed by atoms with Gasteiger partial charge in [-0.15, -0.1) is 0 Å². The molecule has 95 heavy (non-hydrogen) atoms. The van der Waals surface area contributed by atoms with Crippen LogP contribution in [0, 0.1) is 5.41 Å². The summed E-state index contributed by atoms with van der Waals surface area (Å²) in [5.41, 5.74) is 44.4. The van der Waals surface area contributed by atoms with Crippen molar-refractivity contribution in [1.29, 1.82) is 0 Å². The summed E-state index contributed by atoms with van der Waals surface area (Å²) in [7, 11) is 1.23. The lowest BCUT2D eigenvalue weighted by Gasteiger charge is -2.34. The lowest BCUT2D eigenvalue weighted by Crippen LogP contribution is -2.60. The Morgan fingerprint density at radius 2 is 1.28 bits per heavy atom. The zero-order valence-corrected chi connectivity index (χ0v) is 54.5. The van der Waals surface area contributed by atoms with Gasteiger partial charge >= 0.3 is 0 Å². The van der Waals surface area contributed by atoms with Crippen LogP contribution in [0.2, 0.25) is 0 Å². The number of amides is 11. The van der Waals surface area contributed by atoms with Gasteiger partial charge in [0, 0.05) is 84.0 Å². The average Bonchev–Trinajstić information content (AvgIpc) is 1.79. The number of nitrogens with two attached hydrogens (primary N) is 8. The lowest BCUT2D eigenvalue weighted by atomic mass is 9.90. The molecular formula is C60H96N22O13. The predicted octanol–water partition coefficient (Wildman–Crippen LogP) is -5.83. The number of benzene rings is 1. The fourth-order valence-corrected chi connectivity index (χ4v) is 10.8. The maximum atomic E-state index is 15.2. The number of aromatic nitrogens is 2. The quantitative estimate of drug-likeness (QED) is 0.0128. The molecule has 0 spiro atoms. The number of carbonyl (C=O) groups excluding carboxylic acids is 12. The minimum atomic E-state index is -1.75. The minimum Gasteiger partial charge on any atom is -0.391 e. The summed E-state index contributed by atoms with van der Waals surface area (Å²) in [6.07, 6.45) is 1.81. The van der Waals surface area contributed by atoms with E-state index in [9.17, 15) is 57.8 Å². The van der Waals surface area contributed by atoms with Gasteiger partial charge in [-0.3, -0.25) is 72.5 Å². The number of aliphatic hydroxyl groups is 1. The van der Waals surface area contributed by atoms with Gasteiger partial charge in [-0.25, -0.2) is 4.98 Å². The van der Waals surface area contributed by atoms with E-state index in [-0.39, 0.29) is 141 Å². The van der Waals surface area contributed by atoms with E-state index in [1.54, 1.807) is 36.5 Å². The molecule has 4 rings (SSSR count). The van der Waals surface area contributed by atoms with E-state index in [4.69, 9.17) is 45.9 Å². The van der Waals surface area contributed by atoms with Crippen LogP contribution in [0.1, 0.15) is 115 Å². The highest BCUT2D eigenvalue weighted by atomic mass is 16.3. The van der Waals surface area contributed by atoms with Crippen LogP contribution in [0.3, 0.4) is 0 Å². The Morgan fingerprint density at radius 3 is 1.86 bits per heavy atom. The van der Waals surface area contributed by atoms with Gasteiger partial charge in [0.1, 0.15) is 41.7 Å². The Bertz CT molecular complexity index is 3060. The number of imidazole rings is 1. The fourth-order valence-electron chi connectivity index (χ4n) is 10.8. The number of H-pyrrole nitrogens is 1. The number of likely N-dealkylation sites (N-methyl/N-ethyl adjacent to an activating group) is 1. The van der Waals surface area contributed by atoms with Gasteiger partial charge in [0.05, 0.1) is 31.4 Å². The highest BCUT2D eigenvalue weighted by Gasteiger charge is 2.44. The molecule has 524 valence electrons. The molecule has 2 saturated heterocycles. The molecule has 3 heterocycles. The maximum absolute atomic E-state index is 15.2. The normalized spacial score (nSPS) is 16.7. The second kappa shape index (κ2) is 38.3. The number of guanidine groups is 3. The first kappa shape index (κ1) is 77.5. The third-order valence-corrected chi connectivity index (χ3v) is 16.2. The molecule has 2 aliphatic heterocycles. The largest absolute Gasteiger partial charge is 0.391 e. The number of Topliss-reactive ketones (excluding diaryl/α,β-unsaturated/α-hetero) is 1. The van der Waals surface area contributed by atoms with Crippen molar-refractivity contribution < 1.29 is 62.6 Å². The van der Waals surface area contributed by atoms with Crippen LogP contribution in [0.4, 0.5) is 0 Å². The molecular weight excluding hydrogens is 1240 g/mol. The third-order valence-electron chi connectivity index (χ3n) is 16.2. The van der Waals surface area contributed by atoms with Crippen LogP contribution in [-0.2, 0) is 70.4 Å². The number of primary amides is 2. The Morgan fingerprint density at radius 1 is 0.695 bits per heavy atom. The Kier molecular flexibility index (Phi) is 31.2. The molecule has 0 radical (unpaired) electrons. The standard InChI is InChI=1S/C60H96N22O13/c1-35(83)44-29-38(84)32-82(44)54(93)45(30-47(62)86)79(4)48(87)33-80(28-22-36-13-6-5-7-14-36)52(91)41(17-11-25-73-59(67)68)76-49(88)39(16-10-24-72-58(65)66)75-51(90)43-18-12-27-81(43)53(92)42(15-8-9-23-71-57(63)64)77-50(89)40(19-20-46(61)85)78-56(95)60(2,3)55(94)70-26-21-37-31-69-34-74-37/h5-7,13-14,31,34,38-45,84H,8-12,15-30,32-33H2,1-4H3,(H2,61,85)(H2,62,86)(H,69,74)(H,70,94)(H,75,90)(H,76,88)(H,77,89)(H,78,95)(H4,63,64,71)(H4,65,66,72)(H4,67,68,73)/t38-,39+,40+,41+,42+,43+,44+,45+/m1/s1. The smallest absolute Gasteiger partial charge is 0.246 e. The SMILES string of the molecule is CC(=O)[C@@H]1C[C@@H](O)CN1C(=O)[C@H](CC(N)=O)N(C)C(=O)CN(CCc1ccccc1)C(=O)[C@H](CCCN=C(N)N)NC(=O)[C@H](CCCN=C(N)N)NC(=O)[C@@H]1CCCN1C(=O)[C@H](CCCCN=C(N)N)NC(=O)[C@H](CCC(N)=O)NC(=O)C(C)(C)C(=O)NCCc1cnc[nH]1. The van der Waals surface area contributed by atoms with E-state index in [1.165, 1.54) is 39.0 Å². The molecule has 1 aromatic carbocycles. The molecule has 0 bridgehead atoms. The number of hydrogen-bond acceptors (Lipinski definition) is 17. The molecule has 2 aliphatic rings. The van der Waals surface area contributed by atoms with Crippen LogP contribution < -0.4 is 72.5 Å². The van der Waals surface area contributed by atoms with E-state index < -0.39 is 138 Å². The Hall–Kier alpha value is -9.96. The highest BCUT2D eigenvalue weighted by Crippen LogP contribution is 2.24. The van der Waals surface area contributed by atoms with E-state index in [1.807, 2.05) is 0 Å². The first-order valence-electron chi connectivity index (χ1n) is 31.5. The second-order valence-electron chi connectivity index (χ2n) is 24.0. The highest BCUT2D eigenvalue weighted by molar-refractivity contribution is 6.06. The number of β-amino-alcohol motifs (C(OH)–C–C–N with tert-alkyl or cyclic N) is 1. The van der Waals surface area contributed by atoms with Crippen molar-refractivity contribution in [3.8, 4) is 0 Å². The van der Waals surface area contributed by atoms with Crippen LogP contribution in [-0.4, -0.2) is 231 Å². The van der Waals surface area contributed by atoms with Gasteiger partial charge in [-0.1, -0.05) is 30.3 Å². The van der Waals surface area contributed by atoms with Gasteiger partial charge in [-0.05, 0) is 97.0 Å². The first-order chi connectivity index (χ1) is 44.9. The maximum Gasteiger partial charge on any atom is 0.246 e. The van der Waals surface area contributed by atoms with E-state index in [0.717, 1.165) is 26.0 Å².